The van der Waals surface area contributed by atoms with Crippen LogP contribution in [0.25, 0.3) is 10.6 Å². The standard InChI is InChI=1S/C12H14N2O4S2/c15-20(16,14-8-9-2-1-7-17-9)12-4-3-11(19-12)10-5-6-13-18-10/h3-6,9,14H,1-2,7-8H2/t9-/m0/s1. The highest BCUT2D eigenvalue weighted by molar-refractivity contribution is 7.91. The number of aromatic nitrogens is 1. The van der Waals surface area contributed by atoms with E-state index in [9.17, 15) is 8.42 Å². The third-order valence-electron chi connectivity index (χ3n) is 3.05. The third-order valence-corrected chi connectivity index (χ3v) is 6.07. The van der Waals surface area contributed by atoms with E-state index in [0.717, 1.165) is 29.1 Å². The largest absolute Gasteiger partial charge is 0.377 e. The summed E-state index contributed by atoms with van der Waals surface area (Å²) >= 11 is 1.16. The zero-order chi connectivity index (χ0) is 14.0. The second-order valence-electron chi connectivity index (χ2n) is 4.48. The highest BCUT2D eigenvalue weighted by atomic mass is 32.2. The van der Waals surface area contributed by atoms with Gasteiger partial charge in [0, 0.05) is 19.2 Å². The van der Waals surface area contributed by atoms with Crippen LogP contribution in [0, 0.1) is 0 Å². The molecule has 6 nitrogen and oxygen atoms in total. The number of hydrogen-bond donors (Lipinski definition) is 1. The van der Waals surface area contributed by atoms with Crippen LogP contribution in [0.15, 0.2) is 33.1 Å². The van der Waals surface area contributed by atoms with Gasteiger partial charge in [-0.05, 0) is 25.0 Å². The zero-order valence-corrected chi connectivity index (χ0v) is 12.2. The number of thiophene rings is 1. The lowest BCUT2D eigenvalue weighted by Crippen LogP contribution is -2.31. The van der Waals surface area contributed by atoms with Crippen LogP contribution in [0.3, 0.4) is 0 Å². The van der Waals surface area contributed by atoms with Gasteiger partial charge in [-0.3, -0.25) is 0 Å². The second-order valence-corrected chi connectivity index (χ2v) is 7.56. The topological polar surface area (TPSA) is 81.4 Å². The van der Waals surface area contributed by atoms with Crippen molar-refractivity contribution in [3.05, 3.63) is 24.4 Å². The van der Waals surface area contributed by atoms with Gasteiger partial charge in [-0.2, -0.15) is 0 Å². The molecule has 1 atom stereocenters. The van der Waals surface area contributed by atoms with Crippen LogP contribution in [-0.4, -0.2) is 32.8 Å². The Labute approximate surface area is 120 Å². The van der Waals surface area contributed by atoms with Crippen LogP contribution in [0.4, 0.5) is 0 Å². The molecule has 0 aromatic carbocycles. The second kappa shape index (κ2) is 5.65. The average Bonchev–Trinajstić information content (AvgIpc) is 3.16. The molecule has 0 unspecified atom stereocenters. The monoisotopic (exact) mass is 314 g/mol. The molecule has 1 N–H and O–H groups in total. The molecule has 0 aliphatic carbocycles. The molecular weight excluding hydrogens is 300 g/mol. The molecule has 2 aromatic heterocycles. The Balaban J connectivity index is 1.71. The first kappa shape index (κ1) is 13.7. The molecule has 108 valence electrons. The van der Waals surface area contributed by atoms with Gasteiger partial charge in [0.1, 0.15) is 4.21 Å². The Bertz CT molecular complexity index is 657. The summed E-state index contributed by atoms with van der Waals surface area (Å²) in [6, 6.07) is 4.98. The molecule has 3 heterocycles. The van der Waals surface area contributed by atoms with Crippen LogP contribution < -0.4 is 4.72 Å². The summed E-state index contributed by atoms with van der Waals surface area (Å²) in [5.74, 6) is 0.565. The van der Waals surface area contributed by atoms with E-state index in [1.807, 2.05) is 0 Å². The maximum atomic E-state index is 12.2. The van der Waals surface area contributed by atoms with E-state index in [0.29, 0.717) is 18.9 Å². The molecule has 0 saturated carbocycles. The minimum atomic E-state index is -3.49. The molecule has 3 rings (SSSR count). The number of nitrogens with one attached hydrogen (secondary N) is 1. The first-order valence-corrected chi connectivity index (χ1v) is 8.57. The van der Waals surface area contributed by atoms with Crippen molar-refractivity contribution in [2.24, 2.45) is 0 Å². The third kappa shape index (κ3) is 2.93. The molecular formula is C12H14N2O4S2. The molecule has 0 bridgehead atoms. The predicted octanol–water partition coefficient (Wildman–Crippen LogP) is 1.86. The lowest BCUT2D eigenvalue weighted by atomic mass is 10.2. The smallest absolute Gasteiger partial charge is 0.250 e. The Hall–Kier alpha value is -1.22. The SMILES string of the molecule is O=S(=O)(NC[C@@H]1CCCO1)c1ccc(-c2ccno2)s1. The summed E-state index contributed by atoms with van der Waals surface area (Å²) in [5.41, 5.74) is 0. The maximum Gasteiger partial charge on any atom is 0.250 e. The number of sulfonamides is 1. The summed E-state index contributed by atoms with van der Waals surface area (Å²) in [5, 5.41) is 3.61. The van der Waals surface area contributed by atoms with Gasteiger partial charge in [-0.25, -0.2) is 13.1 Å². The maximum absolute atomic E-state index is 12.2. The van der Waals surface area contributed by atoms with Gasteiger partial charge in [-0.1, -0.05) is 5.16 Å². The fourth-order valence-corrected chi connectivity index (χ4v) is 4.39. The van der Waals surface area contributed by atoms with Crippen molar-refractivity contribution in [3.63, 3.8) is 0 Å². The Morgan fingerprint density at radius 2 is 2.30 bits per heavy atom. The number of hydrogen-bond acceptors (Lipinski definition) is 6. The molecule has 1 aliphatic rings. The van der Waals surface area contributed by atoms with E-state index in [1.54, 1.807) is 18.2 Å². The van der Waals surface area contributed by atoms with Crippen molar-refractivity contribution in [1.82, 2.24) is 9.88 Å². The van der Waals surface area contributed by atoms with E-state index in [4.69, 9.17) is 9.26 Å². The summed E-state index contributed by atoms with van der Waals surface area (Å²) < 4.78 is 37.6. The molecule has 1 saturated heterocycles. The van der Waals surface area contributed by atoms with Crippen LogP contribution in [0.2, 0.25) is 0 Å². The molecule has 1 aliphatic heterocycles. The van der Waals surface area contributed by atoms with Gasteiger partial charge in [-0.15, -0.1) is 11.3 Å². The van der Waals surface area contributed by atoms with Crippen LogP contribution in [0.1, 0.15) is 12.8 Å². The van der Waals surface area contributed by atoms with Crippen LogP contribution in [0.5, 0.6) is 0 Å². The lowest BCUT2D eigenvalue weighted by Gasteiger charge is -2.10. The molecule has 0 spiro atoms. The number of nitrogens with zero attached hydrogens (tertiary/aromatic N) is 1. The highest BCUT2D eigenvalue weighted by Gasteiger charge is 2.22. The fourth-order valence-electron chi connectivity index (χ4n) is 2.02. The van der Waals surface area contributed by atoms with Gasteiger partial charge >= 0.3 is 0 Å². The summed E-state index contributed by atoms with van der Waals surface area (Å²) in [4.78, 5) is 0.736. The quantitative estimate of drug-likeness (QED) is 0.911. The zero-order valence-electron chi connectivity index (χ0n) is 10.6. The predicted molar refractivity (Wildman–Crippen MR) is 74.0 cm³/mol. The van der Waals surface area contributed by atoms with E-state index in [2.05, 4.69) is 9.88 Å². The van der Waals surface area contributed by atoms with Gasteiger partial charge in [0.05, 0.1) is 17.2 Å². The van der Waals surface area contributed by atoms with Gasteiger partial charge < -0.3 is 9.26 Å². The summed E-state index contributed by atoms with van der Waals surface area (Å²) in [6.07, 6.45) is 3.40. The lowest BCUT2D eigenvalue weighted by molar-refractivity contribution is 0.114. The highest BCUT2D eigenvalue weighted by Crippen LogP contribution is 2.30. The van der Waals surface area contributed by atoms with Crippen molar-refractivity contribution >= 4 is 21.4 Å². The molecule has 20 heavy (non-hydrogen) atoms. The average molecular weight is 314 g/mol. The van der Waals surface area contributed by atoms with Crippen molar-refractivity contribution in [2.45, 2.75) is 23.2 Å². The minimum Gasteiger partial charge on any atom is -0.377 e. The van der Waals surface area contributed by atoms with Crippen LogP contribution in [-0.2, 0) is 14.8 Å². The minimum absolute atomic E-state index is 0.0153. The van der Waals surface area contributed by atoms with E-state index < -0.39 is 10.0 Å². The van der Waals surface area contributed by atoms with E-state index >= 15 is 0 Å². The molecule has 2 aromatic rings. The number of rotatable bonds is 5. The van der Waals surface area contributed by atoms with Crippen molar-refractivity contribution in [1.29, 1.82) is 0 Å². The first-order chi connectivity index (χ1) is 9.65. The van der Waals surface area contributed by atoms with Gasteiger partial charge in [0.25, 0.3) is 0 Å². The van der Waals surface area contributed by atoms with Crippen LogP contribution >= 0.6 is 11.3 Å². The Kier molecular flexibility index (Phi) is 3.88. The van der Waals surface area contributed by atoms with Gasteiger partial charge in [0.2, 0.25) is 10.0 Å². The number of ether oxygens (including phenoxy) is 1. The normalized spacial score (nSPS) is 19.5. The molecule has 1 fully saturated rings. The summed E-state index contributed by atoms with van der Waals surface area (Å²) in [6.45, 7) is 1.03. The molecule has 0 radical (unpaired) electrons. The fraction of sp³-hybridized carbons (Fsp3) is 0.417. The Morgan fingerprint density at radius 1 is 1.40 bits per heavy atom. The van der Waals surface area contributed by atoms with E-state index in [-0.39, 0.29) is 10.3 Å². The molecule has 8 heteroatoms. The van der Waals surface area contributed by atoms with Crippen molar-refractivity contribution < 1.29 is 17.7 Å². The molecule has 0 amide bonds. The van der Waals surface area contributed by atoms with Crippen molar-refractivity contribution in [3.8, 4) is 10.6 Å². The van der Waals surface area contributed by atoms with Gasteiger partial charge in [0.15, 0.2) is 5.76 Å². The summed E-state index contributed by atoms with van der Waals surface area (Å²) in [7, 11) is -3.49. The Morgan fingerprint density at radius 3 is 3.00 bits per heavy atom. The van der Waals surface area contributed by atoms with Crippen molar-refractivity contribution in [2.75, 3.05) is 13.2 Å². The van der Waals surface area contributed by atoms with E-state index in [1.165, 1.54) is 6.20 Å². The first-order valence-electron chi connectivity index (χ1n) is 6.27.